The van der Waals surface area contributed by atoms with E-state index >= 15 is 0 Å². The third-order valence-electron chi connectivity index (χ3n) is 2.73. The van der Waals surface area contributed by atoms with Gasteiger partial charge in [0, 0.05) is 0 Å². The number of aryl methyl sites for hydroxylation is 1. The van der Waals surface area contributed by atoms with E-state index in [0.717, 1.165) is 5.56 Å². The smallest absolute Gasteiger partial charge is 0.281 e. The van der Waals surface area contributed by atoms with Crippen LogP contribution in [0.4, 0.5) is 13.2 Å². The number of hydrogen-bond donors (Lipinski definition) is 0. The van der Waals surface area contributed by atoms with E-state index in [1.54, 1.807) is 38.1 Å². The summed E-state index contributed by atoms with van der Waals surface area (Å²) in [5.74, 6) is 0. The summed E-state index contributed by atoms with van der Waals surface area (Å²) in [5.41, 5.74) is 0.0646. The Kier molecular flexibility index (Phi) is 6.39. The molecule has 0 bridgehead atoms. The van der Waals surface area contributed by atoms with Gasteiger partial charge in [-0.05, 0) is 31.4 Å². The third-order valence-corrected chi connectivity index (χ3v) is 2.73. The van der Waals surface area contributed by atoms with Crippen molar-refractivity contribution < 1.29 is 17.9 Å². The Labute approximate surface area is 107 Å². The maximum Gasteiger partial charge on any atom is 0.523 e. The van der Waals surface area contributed by atoms with Gasteiger partial charge in [-0.3, -0.25) is 4.74 Å². The summed E-state index contributed by atoms with van der Waals surface area (Å²) in [6.07, 6.45) is -4.36. The number of benzene rings is 1. The van der Waals surface area contributed by atoms with E-state index in [9.17, 15) is 13.2 Å². The van der Waals surface area contributed by atoms with E-state index in [4.69, 9.17) is 0 Å². The first-order chi connectivity index (χ1) is 8.28. The molecule has 1 rings (SSSR count). The van der Waals surface area contributed by atoms with Crippen LogP contribution in [0.15, 0.2) is 24.3 Å². The van der Waals surface area contributed by atoms with Crippen LogP contribution in [0.5, 0.6) is 0 Å². The summed E-state index contributed by atoms with van der Waals surface area (Å²) in [7, 11) is 0. The SMILES string of the molecule is CC.CCC(C)(OC(F)(F)F)c1ccccc1C. The van der Waals surface area contributed by atoms with Crippen LogP contribution in [0.3, 0.4) is 0 Å². The second-order valence-corrected chi connectivity index (χ2v) is 3.95. The van der Waals surface area contributed by atoms with Gasteiger partial charge in [-0.2, -0.15) is 0 Å². The van der Waals surface area contributed by atoms with Crippen LogP contribution < -0.4 is 0 Å². The highest BCUT2D eigenvalue weighted by molar-refractivity contribution is 5.30. The maximum atomic E-state index is 12.3. The first kappa shape index (κ1) is 17.0. The zero-order chi connectivity index (χ0) is 14.4. The van der Waals surface area contributed by atoms with Crippen molar-refractivity contribution in [3.63, 3.8) is 0 Å². The highest BCUT2D eigenvalue weighted by atomic mass is 19.4. The number of alkyl halides is 3. The molecule has 0 aliphatic heterocycles. The first-order valence-electron chi connectivity index (χ1n) is 6.11. The summed E-state index contributed by atoms with van der Waals surface area (Å²) in [4.78, 5) is 0. The Morgan fingerprint density at radius 1 is 1.11 bits per heavy atom. The highest BCUT2D eigenvalue weighted by Crippen LogP contribution is 2.37. The Morgan fingerprint density at radius 3 is 2.00 bits per heavy atom. The van der Waals surface area contributed by atoms with Gasteiger partial charge in [-0.1, -0.05) is 45.0 Å². The molecule has 0 radical (unpaired) electrons. The summed E-state index contributed by atoms with van der Waals surface area (Å²) < 4.78 is 41.2. The second-order valence-electron chi connectivity index (χ2n) is 3.95. The number of ether oxygens (including phenoxy) is 1. The molecular weight excluding hydrogens is 241 g/mol. The van der Waals surface area contributed by atoms with Gasteiger partial charge < -0.3 is 0 Å². The zero-order valence-corrected chi connectivity index (χ0v) is 11.6. The minimum atomic E-state index is -4.62. The fourth-order valence-corrected chi connectivity index (χ4v) is 1.74. The topological polar surface area (TPSA) is 9.23 Å². The molecule has 1 aromatic rings. The molecule has 1 atom stereocenters. The minimum Gasteiger partial charge on any atom is -0.281 e. The largest absolute Gasteiger partial charge is 0.523 e. The predicted molar refractivity (Wildman–Crippen MR) is 67.3 cm³/mol. The van der Waals surface area contributed by atoms with E-state index in [-0.39, 0.29) is 6.42 Å². The fraction of sp³-hybridized carbons (Fsp3) is 0.571. The normalized spacial score (nSPS) is 14.4. The van der Waals surface area contributed by atoms with Crippen molar-refractivity contribution in [1.29, 1.82) is 0 Å². The average molecular weight is 262 g/mol. The second kappa shape index (κ2) is 6.78. The van der Waals surface area contributed by atoms with Crippen molar-refractivity contribution >= 4 is 0 Å². The standard InChI is InChI=1S/C12H15F3O.C2H6/c1-4-11(3,16-12(13,14)15)10-8-6-5-7-9(10)2;1-2/h5-8H,4H2,1-3H3;1-2H3. The Morgan fingerprint density at radius 2 is 1.61 bits per heavy atom. The van der Waals surface area contributed by atoms with Crippen LogP contribution in [0.1, 0.15) is 45.2 Å². The van der Waals surface area contributed by atoms with Gasteiger partial charge in [0.2, 0.25) is 0 Å². The van der Waals surface area contributed by atoms with Gasteiger partial charge in [0.1, 0.15) is 0 Å². The zero-order valence-electron chi connectivity index (χ0n) is 11.6. The third kappa shape index (κ3) is 4.69. The van der Waals surface area contributed by atoms with Crippen molar-refractivity contribution in [2.24, 2.45) is 0 Å². The Hall–Kier alpha value is -1.03. The molecule has 0 amide bonds. The van der Waals surface area contributed by atoms with E-state index in [1.807, 2.05) is 13.8 Å². The lowest BCUT2D eigenvalue weighted by Crippen LogP contribution is -2.33. The molecule has 0 fully saturated rings. The summed E-state index contributed by atoms with van der Waals surface area (Å²) >= 11 is 0. The lowest BCUT2D eigenvalue weighted by molar-refractivity contribution is -0.368. The minimum absolute atomic E-state index is 0.261. The molecule has 0 saturated carbocycles. The molecule has 0 heterocycles. The van der Waals surface area contributed by atoms with Gasteiger partial charge in [-0.25, -0.2) is 0 Å². The van der Waals surface area contributed by atoms with Gasteiger partial charge in [0.15, 0.2) is 0 Å². The molecule has 1 nitrogen and oxygen atoms in total. The molecule has 4 heteroatoms. The molecule has 0 saturated heterocycles. The summed E-state index contributed by atoms with van der Waals surface area (Å²) in [5, 5.41) is 0. The lowest BCUT2D eigenvalue weighted by atomic mass is 9.89. The van der Waals surface area contributed by atoms with Gasteiger partial charge in [-0.15, -0.1) is 13.2 Å². The molecule has 0 aliphatic carbocycles. The molecular formula is C14H21F3O. The summed E-state index contributed by atoms with van der Waals surface area (Å²) in [6, 6.07) is 6.96. The quantitative estimate of drug-likeness (QED) is 0.729. The van der Waals surface area contributed by atoms with E-state index < -0.39 is 12.0 Å². The molecule has 0 aromatic heterocycles. The van der Waals surface area contributed by atoms with Crippen molar-refractivity contribution in [3.05, 3.63) is 35.4 Å². The number of hydrogen-bond acceptors (Lipinski definition) is 1. The van der Waals surface area contributed by atoms with E-state index in [1.165, 1.54) is 6.92 Å². The Balaban J connectivity index is 0.00000137. The molecule has 1 unspecified atom stereocenters. The molecule has 0 spiro atoms. The number of halogens is 3. The fourth-order valence-electron chi connectivity index (χ4n) is 1.74. The van der Waals surface area contributed by atoms with Gasteiger partial charge >= 0.3 is 6.36 Å². The van der Waals surface area contributed by atoms with Crippen LogP contribution in [-0.2, 0) is 10.3 Å². The highest BCUT2D eigenvalue weighted by Gasteiger charge is 2.41. The van der Waals surface area contributed by atoms with Crippen molar-refractivity contribution in [2.45, 2.75) is 53.0 Å². The van der Waals surface area contributed by atoms with Crippen molar-refractivity contribution in [1.82, 2.24) is 0 Å². The van der Waals surface area contributed by atoms with Gasteiger partial charge in [0.25, 0.3) is 0 Å². The molecule has 0 aliphatic rings. The predicted octanol–water partition coefficient (Wildman–Crippen LogP) is 5.18. The van der Waals surface area contributed by atoms with Crippen LogP contribution in [0.2, 0.25) is 0 Å². The van der Waals surface area contributed by atoms with E-state index in [0.29, 0.717) is 5.56 Å². The maximum absolute atomic E-state index is 12.3. The van der Waals surface area contributed by atoms with Gasteiger partial charge in [0.05, 0.1) is 5.60 Å². The molecule has 1 aromatic carbocycles. The first-order valence-corrected chi connectivity index (χ1v) is 6.11. The summed E-state index contributed by atoms with van der Waals surface area (Å²) in [6.45, 7) is 8.92. The number of rotatable bonds is 3. The van der Waals surface area contributed by atoms with Crippen LogP contribution in [0, 0.1) is 6.92 Å². The van der Waals surface area contributed by atoms with E-state index in [2.05, 4.69) is 4.74 Å². The van der Waals surface area contributed by atoms with Crippen molar-refractivity contribution in [2.75, 3.05) is 0 Å². The van der Waals surface area contributed by atoms with Crippen molar-refractivity contribution in [3.8, 4) is 0 Å². The van der Waals surface area contributed by atoms with Crippen LogP contribution in [-0.4, -0.2) is 6.36 Å². The molecule has 0 N–H and O–H groups in total. The molecule has 18 heavy (non-hydrogen) atoms. The average Bonchev–Trinajstić information content (AvgIpc) is 2.30. The molecule has 104 valence electrons. The lowest BCUT2D eigenvalue weighted by Gasteiger charge is -2.31. The van der Waals surface area contributed by atoms with Crippen LogP contribution in [0.25, 0.3) is 0 Å². The monoisotopic (exact) mass is 262 g/mol. The Bertz CT molecular complexity index is 360. The van der Waals surface area contributed by atoms with Crippen LogP contribution >= 0.6 is 0 Å².